The molecule has 0 aromatic heterocycles. The maximum atomic E-state index is 13.7. The van der Waals surface area contributed by atoms with E-state index in [0.717, 1.165) is 6.42 Å². The molecule has 0 saturated heterocycles. The lowest BCUT2D eigenvalue weighted by molar-refractivity contribution is 0.102. The van der Waals surface area contributed by atoms with Crippen LogP contribution in [0, 0.1) is 5.82 Å². The number of halogens is 1. The van der Waals surface area contributed by atoms with Crippen LogP contribution in [0.4, 0.5) is 10.1 Å². The van der Waals surface area contributed by atoms with Crippen LogP contribution in [0.5, 0.6) is 5.75 Å². The Morgan fingerprint density at radius 3 is 2.48 bits per heavy atom. The molecule has 0 heterocycles. The van der Waals surface area contributed by atoms with E-state index in [1.165, 1.54) is 17.7 Å². The van der Waals surface area contributed by atoms with Crippen LogP contribution in [-0.4, -0.2) is 12.5 Å². The topological polar surface area (TPSA) is 38.3 Å². The summed E-state index contributed by atoms with van der Waals surface area (Å²) in [5, 5.41) is 2.69. The molecule has 0 saturated carbocycles. The van der Waals surface area contributed by atoms with Gasteiger partial charge < -0.3 is 10.1 Å². The molecule has 0 aliphatic carbocycles. The average Bonchev–Trinajstić information content (AvgIpc) is 2.63. The molecule has 0 aliphatic rings. The van der Waals surface area contributed by atoms with Gasteiger partial charge in [-0.1, -0.05) is 48.5 Å². The molecule has 0 fully saturated rings. The summed E-state index contributed by atoms with van der Waals surface area (Å²) in [7, 11) is 0. The van der Waals surface area contributed by atoms with Crippen molar-refractivity contribution in [2.24, 2.45) is 0 Å². The van der Waals surface area contributed by atoms with Crippen molar-refractivity contribution in [2.45, 2.75) is 6.42 Å². The van der Waals surface area contributed by atoms with Crippen molar-refractivity contribution in [1.82, 2.24) is 0 Å². The Kier molecular flexibility index (Phi) is 5.42. The molecule has 126 valence electrons. The van der Waals surface area contributed by atoms with Gasteiger partial charge in [0.1, 0.15) is 11.6 Å². The number of nitrogens with one attached hydrogen (secondary N) is 1. The fraction of sp³-hybridized carbons (Fsp3) is 0.0952. The maximum Gasteiger partial charge on any atom is 0.258 e. The van der Waals surface area contributed by atoms with E-state index in [0.29, 0.717) is 18.0 Å². The first kappa shape index (κ1) is 16.7. The molecular weight excluding hydrogens is 317 g/mol. The first-order chi connectivity index (χ1) is 12.2. The molecule has 3 aromatic rings. The number of carbonyl (C=O) groups excluding carboxylic acids is 1. The van der Waals surface area contributed by atoms with Gasteiger partial charge in [0, 0.05) is 18.2 Å². The van der Waals surface area contributed by atoms with E-state index < -0.39 is 11.7 Å². The van der Waals surface area contributed by atoms with E-state index in [1.807, 2.05) is 24.3 Å². The quantitative estimate of drug-likeness (QED) is 0.709. The van der Waals surface area contributed by atoms with Gasteiger partial charge in [-0.25, -0.2) is 4.39 Å². The number of rotatable bonds is 6. The van der Waals surface area contributed by atoms with Crippen LogP contribution < -0.4 is 10.1 Å². The van der Waals surface area contributed by atoms with E-state index in [9.17, 15) is 9.18 Å². The number of carbonyl (C=O) groups is 1. The van der Waals surface area contributed by atoms with Crippen LogP contribution in [0.3, 0.4) is 0 Å². The number of hydrogen-bond acceptors (Lipinski definition) is 2. The third kappa shape index (κ3) is 4.67. The Morgan fingerprint density at radius 2 is 1.68 bits per heavy atom. The molecule has 3 rings (SSSR count). The van der Waals surface area contributed by atoms with Crippen LogP contribution in [0.15, 0.2) is 78.9 Å². The maximum absolute atomic E-state index is 13.7. The van der Waals surface area contributed by atoms with Crippen molar-refractivity contribution in [2.75, 3.05) is 11.9 Å². The highest BCUT2D eigenvalue weighted by Crippen LogP contribution is 2.19. The zero-order valence-electron chi connectivity index (χ0n) is 13.6. The smallest absolute Gasteiger partial charge is 0.258 e. The van der Waals surface area contributed by atoms with E-state index in [-0.39, 0.29) is 5.56 Å². The van der Waals surface area contributed by atoms with Crippen LogP contribution in [0.25, 0.3) is 0 Å². The molecule has 0 radical (unpaired) electrons. The second-order valence-corrected chi connectivity index (χ2v) is 5.55. The molecule has 0 aliphatic heterocycles. The molecule has 0 bridgehead atoms. The molecule has 3 aromatic carbocycles. The molecule has 0 unspecified atom stereocenters. The summed E-state index contributed by atoms with van der Waals surface area (Å²) in [6.45, 7) is 0.536. The normalized spacial score (nSPS) is 10.3. The lowest BCUT2D eigenvalue weighted by Crippen LogP contribution is -2.13. The second kappa shape index (κ2) is 8.11. The summed E-state index contributed by atoms with van der Waals surface area (Å²) >= 11 is 0. The van der Waals surface area contributed by atoms with Gasteiger partial charge in [-0.05, 0) is 29.8 Å². The predicted molar refractivity (Wildman–Crippen MR) is 96.4 cm³/mol. The van der Waals surface area contributed by atoms with E-state index in [4.69, 9.17) is 4.74 Å². The summed E-state index contributed by atoms with van der Waals surface area (Å²) in [4.78, 5) is 12.2. The molecule has 1 amide bonds. The highest BCUT2D eigenvalue weighted by atomic mass is 19.1. The van der Waals surface area contributed by atoms with Crippen molar-refractivity contribution in [3.05, 3.63) is 95.8 Å². The van der Waals surface area contributed by atoms with Crippen molar-refractivity contribution >= 4 is 11.6 Å². The predicted octanol–water partition coefficient (Wildman–Crippen LogP) is 4.70. The van der Waals surface area contributed by atoms with Gasteiger partial charge in [-0.2, -0.15) is 0 Å². The molecule has 4 heteroatoms. The third-order valence-electron chi connectivity index (χ3n) is 3.71. The lowest BCUT2D eigenvalue weighted by atomic mass is 10.2. The van der Waals surface area contributed by atoms with Gasteiger partial charge in [0.2, 0.25) is 0 Å². The second-order valence-electron chi connectivity index (χ2n) is 5.55. The molecule has 3 nitrogen and oxygen atoms in total. The van der Waals surface area contributed by atoms with Gasteiger partial charge in [-0.3, -0.25) is 4.79 Å². The molecular formula is C21H18FNO2. The minimum absolute atomic E-state index is 0.0119. The Morgan fingerprint density at radius 1 is 0.920 bits per heavy atom. The number of anilines is 1. The first-order valence-corrected chi connectivity index (χ1v) is 8.05. The Labute approximate surface area is 146 Å². The highest BCUT2D eigenvalue weighted by Gasteiger charge is 2.11. The van der Waals surface area contributed by atoms with E-state index in [1.54, 1.807) is 30.3 Å². The van der Waals surface area contributed by atoms with Crippen LogP contribution in [0.1, 0.15) is 15.9 Å². The van der Waals surface area contributed by atoms with Crippen molar-refractivity contribution in [1.29, 1.82) is 0 Å². The van der Waals surface area contributed by atoms with Crippen molar-refractivity contribution in [3.63, 3.8) is 0 Å². The summed E-state index contributed by atoms with van der Waals surface area (Å²) in [6, 6.07) is 23.0. The Hall–Kier alpha value is -3.14. The monoisotopic (exact) mass is 335 g/mol. The van der Waals surface area contributed by atoms with Crippen molar-refractivity contribution < 1.29 is 13.9 Å². The summed E-state index contributed by atoms with van der Waals surface area (Å²) < 4.78 is 19.4. The molecule has 0 spiro atoms. The van der Waals surface area contributed by atoms with E-state index >= 15 is 0 Å². The number of amides is 1. The summed E-state index contributed by atoms with van der Waals surface area (Å²) in [5.41, 5.74) is 1.77. The van der Waals surface area contributed by atoms with Crippen LogP contribution in [-0.2, 0) is 6.42 Å². The molecule has 25 heavy (non-hydrogen) atoms. The minimum atomic E-state index is -0.546. The number of benzene rings is 3. The summed E-state index contributed by atoms with van der Waals surface area (Å²) in [6.07, 6.45) is 0.798. The van der Waals surface area contributed by atoms with Crippen LogP contribution >= 0.6 is 0 Å². The van der Waals surface area contributed by atoms with E-state index in [2.05, 4.69) is 17.4 Å². The fourth-order valence-electron chi connectivity index (χ4n) is 2.44. The SMILES string of the molecule is O=C(Nc1cccc(OCCc2ccccc2)c1)c1ccccc1F. The third-order valence-corrected chi connectivity index (χ3v) is 3.71. The lowest BCUT2D eigenvalue weighted by Gasteiger charge is -2.10. The average molecular weight is 335 g/mol. The number of hydrogen-bond donors (Lipinski definition) is 1. The highest BCUT2D eigenvalue weighted by molar-refractivity contribution is 6.04. The van der Waals surface area contributed by atoms with Gasteiger partial charge in [0.15, 0.2) is 0 Å². The van der Waals surface area contributed by atoms with Gasteiger partial charge in [0.25, 0.3) is 5.91 Å². The zero-order valence-corrected chi connectivity index (χ0v) is 13.6. The zero-order chi connectivity index (χ0) is 17.5. The summed E-state index contributed by atoms with van der Waals surface area (Å²) in [5.74, 6) is -0.378. The van der Waals surface area contributed by atoms with Gasteiger partial charge in [0.05, 0.1) is 12.2 Å². The Bertz CT molecular complexity index is 849. The minimum Gasteiger partial charge on any atom is -0.493 e. The largest absolute Gasteiger partial charge is 0.493 e. The molecule has 0 atom stereocenters. The number of ether oxygens (including phenoxy) is 1. The first-order valence-electron chi connectivity index (χ1n) is 8.05. The standard InChI is InChI=1S/C21H18FNO2/c22-20-12-5-4-11-19(20)21(24)23-17-9-6-10-18(15-17)25-14-13-16-7-2-1-3-8-16/h1-12,15H,13-14H2,(H,23,24). The fourth-order valence-corrected chi connectivity index (χ4v) is 2.44. The van der Waals surface area contributed by atoms with Gasteiger partial charge >= 0.3 is 0 Å². The van der Waals surface area contributed by atoms with Crippen LogP contribution in [0.2, 0.25) is 0 Å². The Balaban J connectivity index is 1.59. The molecule has 1 N–H and O–H groups in total. The van der Waals surface area contributed by atoms with Crippen molar-refractivity contribution in [3.8, 4) is 5.75 Å². The van der Waals surface area contributed by atoms with Gasteiger partial charge in [-0.15, -0.1) is 0 Å².